The van der Waals surface area contributed by atoms with Gasteiger partial charge in [-0.05, 0) is 36.8 Å². The van der Waals surface area contributed by atoms with Crippen molar-refractivity contribution in [2.75, 3.05) is 32.9 Å². The molecule has 1 aromatic carbocycles. The minimum atomic E-state index is -1.54. The molecule has 17 heteroatoms. The molecular weight excluding hydrogens is 782 g/mol. The second-order valence-corrected chi connectivity index (χ2v) is 17.1. The Morgan fingerprint density at radius 1 is 0.967 bits per heavy atom. The lowest BCUT2D eigenvalue weighted by Crippen LogP contribution is -2.70. The number of hydroxylamine groups is 2. The number of carbonyl (C=O) groups is 3. The quantitative estimate of drug-likeness (QED) is 0.0846. The number of amides is 2. The number of carbonyl (C=O) groups excluding carboxylic acids is 3. The second kappa shape index (κ2) is 19.5. The van der Waals surface area contributed by atoms with E-state index >= 15 is 4.79 Å². The van der Waals surface area contributed by atoms with Gasteiger partial charge >= 0.3 is 5.97 Å². The zero-order valence-corrected chi connectivity index (χ0v) is 34.6. The van der Waals surface area contributed by atoms with Gasteiger partial charge in [0.15, 0.2) is 18.1 Å². The molecule has 17 nitrogen and oxygen atoms in total. The molecule has 5 heterocycles. The molecule has 5 aliphatic heterocycles. The Bertz CT molecular complexity index is 1650. The highest BCUT2D eigenvalue weighted by Crippen LogP contribution is 2.59. The maximum atomic E-state index is 15.3. The molecule has 6 fully saturated rings. The van der Waals surface area contributed by atoms with E-state index in [1.807, 2.05) is 24.3 Å². The Labute approximate surface area is 350 Å². The van der Waals surface area contributed by atoms with Crippen molar-refractivity contribution in [3.63, 3.8) is 0 Å². The number of rotatable bonds is 19. The van der Waals surface area contributed by atoms with Crippen LogP contribution < -0.4 is 5.32 Å². The van der Waals surface area contributed by atoms with Crippen LogP contribution in [0.2, 0.25) is 0 Å². The van der Waals surface area contributed by atoms with Crippen LogP contribution in [0.1, 0.15) is 95.6 Å². The fourth-order valence-electron chi connectivity index (χ4n) is 9.98. The third kappa shape index (κ3) is 8.78. The molecule has 1 saturated carbocycles. The average molecular weight is 846 g/mol. The molecule has 6 N–H and O–H groups in total. The standard InChI is InChI=1S/C43H63N3O14/c1-3-5-7-17-42(18-8-6-4-2)58-34-29-23-43(41(54)45-20-9-12-28(45)38(52)44-19-21-47)36(39(53)56-29)46(60-37(43)35(34)59-42)24-27-15-13-26(14-16-27)11-10-22-55-40-33(51)32(50)31(49)30(25-48)57-40/h10-11,13-16,28-37,40,47-51H,3-9,12,17-25H2,1-2H3,(H,44,52). The van der Waals surface area contributed by atoms with Crippen LogP contribution in [0.3, 0.4) is 0 Å². The van der Waals surface area contributed by atoms with Gasteiger partial charge in [-0.2, -0.15) is 5.06 Å². The molecule has 1 aliphatic carbocycles. The fourth-order valence-corrected chi connectivity index (χ4v) is 9.98. The zero-order valence-electron chi connectivity index (χ0n) is 34.6. The minimum Gasteiger partial charge on any atom is -0.458 e. The predicted octanol–water partition coefficient (Wildman–Crippen LogP) is 1.06. The van der Waals surface area contributed by atoms with Crippen LogP contribution in [0.25, 0.3) is 6.08 Å². The number of hydrogen-bond acceptors (Lipinski definition) is 15. The number of benzene rings is 1. The van der Waals surface area contributed by atoms with Crippen LogP contribution in [0, 0.1) is 5.41 Å². The first-order valence-corrected chi connectivity index (χ1v) is 21.9. The van der Waals surface area contributed by atoms with Crippen LogP contribution in [-0.4, -0.2) is 159 Å². The minimum absolute atomic E-state index is 0.00174. The van der Waals surface area contributed by atoms with Gasteiger partial charge in [-0.1, -0.05) is 75.9 Å². The highest BCUT2D eigenvalue weighted by molar-refractivity contribution is 5.96. The third-order valence-corrected chi connectivity index (χ3v) is 13.0. The normalized spacial score (nSPS) is 35.8. The molecule has 2 amide bonds. The number of likely N-dealkylation sites (tertiary alicyclic amines) is 1. The van der Waals surface area contributed by atoms with Gasteiger partial charge in [0.05, 0.1) is 26.4 Å². The molecule has 0 spiro atoms. The molecule has 12 unspecified atom stereocenters. The van der Waals surface area contributed by atoms with Crippen molar-refractivity contribution in [3.05, 3.63) is 41.5 Å². The Kier molecular flexibility index (Phi) is 14.6. The molecule has 0 aromatic heterocycles. The molecule has 5 saturated heterocycles. The van der Waals surface area contributed by atoms with Gasteiger partial charge in [0.25, 0.3) is 0 Å². The van der Waals surface area contributed by atoms with Crippen molar-refractivity contribution in [2.24, 2.45) is 5.41 Å². The monoisotopic (exact) mass is 845 g/mol. The molecule has 1 aromatic rings. The van der Waals surface area contributed by atoms with Crippen molar-refractivity contribution in [1.29, 1.82) is 0 Å². The molecular formula is C43H63N3O14. The van der Waals surface area contributed by atoms with Gasteiger partial charge < -0.3 is 59.4 Å². The molecule has 6 aliphatic rings. The third-order valence-electron chi connectivity index (χ3n) is 13.0. The van der Waals surface area contributed by atoms with E-state index in [1.54, 1.807) is 22.1 Å². The van der Waals surface area contributed by atoms with Gasteiger partial charge in [-0.3, -0.25) is 19.2 Å². The number of aliphatic hydroxyl groups excluding tert-OH is 5. The van der Waals surface area contributed by atoms with E-state index in [0.717, 1.165) is 49.7 Å². The number of fused-ring (bicyclic) bond motifs is 4. The predicted molar refractivity (Wildman–Crippen MR) is 212 cm³/mol. The van der Waals surface area contributed by atoms with Crippen LogP contribution in [0.15, 0.2) is 30.3 Å². The van der Waals surface area contributed by atoms with Crippen molar-refractivity contribution in [3.8, 4) is 0 Å². The summed E-state index contributed by atoms with van der Waals surface area (Å²) in [6.07, 6.45) is 2.07. The lowest BCUT2D eigenvalue weighted by molar-refractivity contribution is -0.298. The largest absolute Gasteiger partial charge is 0.458 e. The van der Waals surface area contributed by atoms with E-state index in [-0.39, 0.29) is 44.5 Å². The highest BCUT2D eigenvalue weighted by atomic mass is 16.8. The van der Waals surface area contributed by atoms with Crippen molar-refractivity contribution in [2.45, 2.75) is 164 Å². The van der Waals surface area contributed by atoms with E-state index < -0.39 is 91.0 Å². The van der Waals surface area contributed by atoms with Gasteiger partial charge in [-0.15, -0.1) is 0 Å². The second-order valence-electron chi connectivity index (χ2n) is 17.1. The number of ether oxygens (including phenoxy) is 5. The summed E-state index contributed by atoms with van der Waals surface area (Å²) >= 11 is 0. The summed E-state index contributed by atoms with van der Waals surface area (Å²) in [7, 11) is 0. The first kappa shape index (κ1) is 45.0. The lowest BCUT2D eigenvalue weighted by atomic mass is 9.62. The van der Waals surface area contributed by atoms with Gasteiger partial charge in [-0.25, -0.2) is 0 Å². The number of unbranched alkanes of at least 4 members (excludes halogenated alkanes) is 4. The maximum Gasteiger partial charge on any atom is 0.327 e. The number of hydrogen-bond donors (Lipinski definition) is 6. The number of nitrogens with one attached hydrogen (secondary N) is 1. The van der Waals surface area contributed by atoms with Gasteiger partial charge in [0, 0.05) is 32.4 Å². The molecule has 334 valence electrons. The Hall–Kier alpha value is -3.07. The van der Waals surface area contributed by atoms with Crippen molar-refractivity contribution in [1.82, 2.24) is 15.3 Å². The molecule has 60 heavy (non-hydrogen) atoms. The average Bonchev–Trinajstić information content (AvgIpc) is 3.98. The summed E-state index contributed by atoms with van der Waals surface area (Å²) in [5.41, 5.74) is 0.175. The van der Waals surface area contributed by atoms with Gasteiger partial charge in [0.1, 0.15) is 60.3 Å². The summed E-state index contributed by atoms with van der Waals surface area (Å²) in [4.78, 5) is 51.3. The summed E-state index contributed by atoms with van der Waals surface area (Å²) < 4.78 is 31.1. The Morgan fingerprint density at radius 3 is 2.37 bits per heavy atom. The fraction of sp³-hybridized carbons (Fsp3) is 0.744. The van der Waals surface area contributed by atoms with Crippen LogP contribution in [0.5, 0.6) is 0 Å². The Balaban J connectivity index is 1.12. The first-order valence-electron chi connectivity index (χ1n) is 21.9. The lowest BCUT2D eigenvalue weighted by Gasteiger charge is -2.50. The summed E-state index contributed by atoms with van der Waals surface area (Å²) in [6.45, 7) is 4.04. The first-order chi connectivity index (χ1) is 29.0. The molecule has 12 atom stereocenters. The highest BCUT2D eigenvalue weighted by Gasteiger charge is 2.77. The van der Waals surface area contributed by atoms with Crippen LogP contribution in [0.4, 0.5) is 0 Å². The van der Waals surface area contributed by atoms with E-state index in [0.29, 0.717) is 32.2 Å². The number of aliphatic hydroxyl groups is 5. The van der Waals surface area contributed by atoms with Gasteiger partial charge in [0.2, 0.25) is 11.8 Å². The summed E-state index contributed by atoms with van der Waals surface area (Å²) in [5, 5.41) is 53.4. The molecule has 0 radical (unpaired) electrons. The van der Waals surface area contributed by atoms with E-state index in [2.05, 4.69) is 19.2 Å². The van der Waals surface area contributed by atoms with Crippen molar-refractivity contribution >= 4 is 23.9 Å². The van der Waals surface area contributed by atoms with Crippen molar-refractivity contribution < 1.29 is 68.4 Å². The molecule has 2 bridgehead atoms. The SMILES string of the molecule is CCCCCC1(CCCCC)OC2C3CC4(C(=O)N5CCCC5C(=O)NCCO)C(ON(Cc5ccc(C=CCOC6OC(CO)C(O)C(O)C6O)cc5)C4C(=O)O3)C2O1. The maximum absolute atomic E-state index is 15.3. The van der Waals surface area contributed by atoms with Crippen LogP contribution in [-0.2, 0) is 49.5 Å². The summed E-state index contributed by atoms with van der Waals surface area (Å²) in [6, 6.07) is 5.61. The zero-order chi connectivity index (χ0) is 42.6. The van der Waals surface area contributed by atoms with E-state index in [4.69, 9.17) is 28.5 Å². The smallest absolute Gasteiger partial charge is 0.327 e. The summed E-state index contributed by atoms with van der Waals surface area (Å²) in [5.74, 6) is -2.19. The van der Waals surface area contributed by atoms with Crippen LogP contribution >= 0.6 is 0 Å². The number of nitrogens with zero attached hydrogens (tertiary/aromatic N) is 2. The van der Waals surface area contributed by atoms with E-state index in [9.17, 15) is 35.1 Å². The topological polar surface area (TPSA) is 226 Å². The van der Waals surface area contributed by atoms with E-state index in [1.165, 1.54) is 0 Å². The Morgan fingerprint density at radius 2 is 1.68 bits per heavy atom. The molecule has 7 rings (SSSR count). The number of esters is 1.